The Bertz CT molecular complexity index is 631. The van der Waals surface area contributed by atoms with Crippen LogP contribution in [0.5, 0.6) is 0 Å². The molecule has 6 nitrogen and oxygen atoms in total. The third-order valence-corrected chi connectivity index (χ3v) is 3.71. The van der Waals surface area contributed by atoms with Gasteiger partial charge in [-0.2, -0.15) is 0 Å². The highest BCUT2D eigenvalue weighted by Crippen LogP contribution is 2.19. The highest BCUT2D eigenvalue weighted by molar-refractivity contribution is 5.96. The van der Waals surface area contributed by atoms with Gasteiger partial charge in [0.25, 0.3) is 5.91 Å². The fourth-order valence-corrected chi connectivity index (χ4v) is 2.33. The van der Waals surface area contributed by atoms with Crippen molar-refractivity contribution >= 4 is 23.3 Å². The predicted octanol–water partition coefficient (Wildman–Crippen LogP) is 2.53. The Balaban J connectivity index is 1.85. The molecule has 1 N–H and O–H groups in total. The quantitative estimate of drug-likeness (QED) is 0.488. The van der Waals surface area contributed by atoms with Crippen molar-refractivity contribution in [3.05, 3.63) is 48.6 Å². The zero-order chi connectivity index (χ0) is 18.1. The smallest absolute Gasteiger partial charge is 0.331 e. The van der Waals surface area contributed by atoms with Crippen molar-refractivity contribution in [3.63, 3.8) is 0 Å². The van der Waals surface area contributed by atoms with E-state index in [2.05, 4.69) is 10.2 Å². The Morgan fingerprint density at radius 1 is 1.20 bits per heavy atom. The van der Waals surface area contributed by atoms with Gasteiger partial charge in [-0.05, 0) is 38.1 Å². The Morgan fingerprint density at radius 2 is 1.88 bits per heavy atom. The molecule has 1 aliphatic rings. The van der Waals surface area contributed by atoms with Crippen LogP contribution < -0.4 is 10.2 Å². The van der Waals surface area contributed by atoms with E-state index in [0.717, 1.165) is 32.0 Å². The van der Waals surface area contributed by atoms with Gasteiger partial charge < -0.3 is 19.7 Å². The Morgan fingerprint density at radius 3 is 2.52 bits per heavy atom. The van der Waals surface area contributed by atoms with Crippen molar-refractivity contribution < 1.29 is 19.1 Å². The van der Waals surface area contributed by atoms with E-state index in [1.165, 1.54) is 6.08 Å². The number of hydrogen-bond acceptors (Lipinski definition) is 5. The van der Waals surface area contributed by atoms with Crippen LogP contribution in [-0.2, 0) is 19.1 Å². The molecule has 0 saturated carbocycles. The molecule has 1 aromatic carbocycles. The molecule has 6 heteroatoms. The number of amides is 1. The summed E-state index contributed by atoms with van der Waals surface area (Å²) in [5.41, 5.74) is 1.75. The number of morpholine rings is 1. The van der Waals surface area contributed by atoms with Crippen molar-refractivity contribution in [2.24, 2.45) is 0 Å². The average molecular weight is 344 g/mol. The van der Waals surface area contributed by atoms with Gasteiger partial charge in [0.2, 0.25) is 0 Å². The third-order valence-electron chi connectivity index (χ3n) is 3.71. The van der Waals surface area contributed by atoms with Crippen LogP contribution in [0.4, 0.5) is 11.4 Å². The number of nitrogens with zero attached hydrogens (tertiary/aromatic N) is 1. The predicted molar refractivity (Wildman–Crippen MR) is 97.6 cm³/mol. The molecule has 25 heavy (non-hydrogen) atoms. The second-order valence-electron chi connectivity index (χ2n) is 5.60. The minimum absolute atomic E-state index is 0.369. The molecule has 1 atom stereocenters. The highest BCUT2D eigenvalue weighted by atomic mass is 16.5. The molecule has 1 fully saturated rings. The number of carbonyl (C=O) groups excluding carboxylic acids is 2. The molecule has 1 aromatic rings. The van der Waals surface area contributed by atoms with E-state index < -0.39 is 12.1 Å². The molecule has 1 amide bonds. The second kappa shape index (κ2) is 9.64. The molecule has 2 rings (SSSR count). The summed E-state index contributed by atoms with van der Waals surface area (Å²) in [5, 5.41) is 2.75. The number of ether oxygens (including phenoxy) is 2. The van der Waals surface area contributed by atoms with Crippen LogP contribution in [-0.4, -0.2) is 44.3 Å². The summed E-state index contributed by atoms with van der Waals surface area (Å²) in [6.45, 7) is 6.56. The lowest BCUT2D eigenvalue weighted by Crippen LogP contribution is -2.36. The second-order valence-corrected chi connectivity index (χ2v) is 5.60. The first-order valence-electron chi connectivity index (χ1n) is 8.33. The zero-order valence-electron chi connectivity index (χ0n) is 14.6. The zero-order valence-corrected chi connectivity index (χ0v) is 14.6. The molecule has 0 aliphatic carbocycles. The molecular formula is C19H24N2O4. The van der Waals surface area contributed by atoms with E-state index in [1.54, 1.807) is 25.2 Å². The highest BCUT2D eigenvalue weighted by Gasteiger charge is 2.17. The summed E-state index contributed by atoms with van der Waals surface area (Å²) in [5.74, 6) is -0.921. The van der Waals surface area contributed by atoms with E-state index in [-0.39, 0.29) is 5.91 Å². The first-order chi connectivity index (χ1) is 12.1. The van der Waals surface area contributed by atoms with Crippen LogP contribution >= 0.6 is 0 Å². The van der Waals surface area contributed by atoms with E-state index >= 15 is 0 Å². The summed E-state index contributed by atoms with van der Waals surface area (Å²) in [6.07, 6.45) is 5.47. The maximum Gasteiger partial charge on any atom is 0.331 e. The maximum absolute atomic E-state index is 12.1. The minimum atomic E-state index is -0.873. The third kappa shape index (κ3) is 6.08. The van der Waals surface area contributed by atoms with Gasteiger partial charge in [-0.15, -0.1) is 0 Å². The molecule has 1 aliphatic heterocycles. The molecule has 0 radical (unpaired) electrons. The number of rotatable bonds is 6. The Hall–Kier alpha value is -2.60. The molecule has 1 saturated heterocycles. The lowest BCUT2D eigenvalue weighted by Gasteiger charge is -2.28. The van der Waals surface area contributed by atoms with Gasteiger partial charge in [-0.25, -0.2) is 4.79 Å². The Labute approximate surface area is 148 Å². The molecule has 134 valence electrons. The number of hydrogen-bond donors (Lipinski definition) is 1. The maximum atomic E-state index is 12.1. The minimum Gasteiger partial charge on any atom is -0.449 e. The summed E-state index contributed by atoms with van der Waals surface area (Å²) in [6, 6.07) is 7.58. The summed E-state index contributed by atoms with van der Waals surface area (Å²) < 4.78 is 10.4. The first kappa shape index (κ1) is 18.7. The summed E-state index contributed by atoms with van der Waals surface area (Å²) >= 11 is 0. The number of carbonyl (C=O) groups is 2. The summed E-state index contributed by atoms with van der Waals surface area (Å²) in [7, 11) is 0. The largest absolute Gasteiger partial charge is 0.449 e. The molecule has 0 aromatic heterocycles. The molecule has 0 unspecified atom stereocenters. The van der Waals surface area contributed by atoms with E-state index in [9.17, 15) is 9.59 Å². The van der Waals surface area contributed by atoms with Gasteiger partial charge in [-0.3, -0.25) is 4.79 Å². The first-order valence-corrected chi connectivity index (χ1v) is 8.33. The van der Waals surface area contributed by atoms with Crippen LogP contribution in [0.2, 0.25) is 0 Å². The van der Waals surface area contributed by atoms with E-state index in [0.29, 0.717) is 5.69 Å². The van der Waals surface area contributed by atoms with Gasteiger partial charge in [-0.1, -0.05) is 18.2 Å². The summed E-state index contributed by atoms with van der Waals surface area (Å²) in [4.78, 5) is 25.9. The van der Waals surface area contributed by atoms with Crippen molar-refractivity contribution in [1.82, 2.24) is 0 Å². The van der Waals surface area contributed by atoms with Gasteiger partial charge in [0.05, 0.1) is 13.2 Å². The van der Waals surface area contributed by atoms with Crippen LogP contribution in [0.1, 0.15) is 13.8 Å². The number of allylic oxidation sites excluding steroid dienone is 3. The van der Waals surface area contributed by atoms with Gasteiger partial charge >= 0.3 is 5.97 Å². The fraction of sp³-hybridized carbons (Fsp3) is 0.368. The number of nitrogens with one attached hydrogen (secondary N) is 1. The molecule has 0 bridgehead atoms. The van der Waals surface area contributed by atoms with Crippen molar-refractivity contribution in [2.75, 3.05) is 36.5 Å². The van der Waals surface area contributed by atoms with Crippen molar-refractivity contribution in [3.8, 4) is 0 Å². The van der Waals surface area contributed by atoms with Crippen LogP contribution in [0.15, 0.2) is 48.6 Å². The van der Waals surface area contributed by atoms with Crippen molar-refractivity contribution in [2.45, 2.75) is 20.0 Å². The lowest BCUT2D eigenvalue weighted by atomic mass is 10.2. The van der Waals surface area contributed by atoms with E-state index in [4.69, 9.17) is 9.47 Å². The SMILES string of the molecule is C/C=C/C=C/C(=O)O[C@@H](C)C(=O)Nc1ccc(N2CCOCC2)cc1. The normalized spacial score (nSPS) is 16.2. The average Bonchev–Trinajstić information content (AvgIpc) is 2.63. The van der Waals surface area contributed by atoms with Crippen LogP contribution in [0, 0.1) is 0 Å². The van der Waals surface area contributed by atoms with Crippen LogP contribution in [0.25, 0.3) is 0 Å². The van der Waals surface area contributed by atoms with Gasteiger partial charge in [0.15, 0.2) is 6.10 Å². The molecule has 1 heterocycles. The van der Waals surface area contributed by atoms with E-state index in [1.807, 2.05) is 31.2 Å². The van der Waals surface area contributed by atoms with Crippen LogP contribution in [0.3, 0.4) is 0 Å². The van der Waals surface area contributed by atoms with Gasteiger partial charge in [0, 0.05) is 30.5 Å². The topological polar surface area (TPSA) is 67.9 Å². The number of esters is 1. The van der Waals surface area contributed by atoms with Crippen molar-refractivity contribution in [1.29, 1.82) is 0 Å². The number of benzene rings is 1. The number of anilines is 2. The monoisotopic (exact) mass is 344 g/mol. The lowest BCUT2D eigenvalue weighted by molar-refractivity contribution is -0.148. The molecule has 0 spiro atoms. The molecular weight excluding hydrogens is 320 g/mol. The standard InChI is InChI=1S/C19H24N2O4/c1-3-4-5-6-18(22)25-15(2)19(23)20-16-7-9-17(10-8-16)21-11-13-24-14-12-21/h3-10,15H,11-14H2,1-2H3,(H,20,23)/b4-3+,6-5+/t15-/m0/s1. The van der Waals surface area contributed by atoms with Gasteiger partial charge in [0.1, 0.15) is 0 Å². The fourth-order valence-electron chi connectivity index (χ4n) is 2.33. The Kier molecular flexibility index (Phi) is 7.22.